The van der Waals surface area contributed by atoms with Crippen LogP contribution in [0.3, 0.4) is 0 Å². The van der Waals surface area contributed by atoms with E-state index in [4.69, 9.17) is 5.73 Å². The highest BCUT2D eigenvalue weighted by atomic mass is 35.5. The van der Waals surface area contributed by atoms with Gasteiger partial charge in [0.15, 0.2) is 0 Å². The maximum Gasteiger partial charge on any atom is 1.00 e. The molecule has 0 unspecified atom stereocenters. The van der Waals surface area contributed by atoms with Crippen LogP contribution in [0.5, 0.6) is 0 Å². The molecule has 0 saturated carbocycles. The summed E-state index contributed by atoms with van der Waals surface area (Å²) < 4.78 is 0. The third kappa shape index (κ3) is 4.96. The van der Waals surface area contributed by atoms with E-state index in [0.717, 1.165) is 5.56 Å². The van der Waals surface area contributed by atoms with Crippen LogP contribution in [0, 0.1) is 0 Å². The van der Waals surface area contributed by atoms with Gasteiger partial charge in [-0.15, -0.1) is 0 Å². The predicted molar refractivity (Wildman–Crippen MR) is 113 cm³/mol. The number of rotatable bonds is 5. The van der Waals surface area contributed by atoms with Crippen LogP contribution in [0.4, 0.5) is 11.5 Å². The molecule has 0 aliphatic heterocycles. The van der Waals surface area contributed by atoms with Crippen molar-refractivity contribution in [2.24, 2.45) is 0 Å². The van der Waals surface area contributed by atoms with E-state index in [-0.39, 0.29) is 32.7 Å². The van der Waals surface area contributed by atoms with Crippen LogP contribution >= 0.6 is 0 Å². The second-order valence-electron chi connectivity index (χ2n) is 6.64. The van der Waals surface area contributed by atoms with E-state index >= 15 is 0 Å². The van der Waals surface area contributed by atoms with E-state index < -0.39 is 11.8 Å². The fourth-order valence-corrected chi connectivity index (χ4v) is 3.06. The molecule has 0 saturated heterocycles. The summed E-state index contributed by atoms with van der Waals surface area (Å²) in [7, 11) is 0. The Kier molecular flexibility index (Phi) is 6.78. The highest BCUT2D eigenvalue weighted by Crippen LogP contribution is 2.24. The van der Waals surface area contributed by atoms with Gasteiger partial charge in [0.1, 0.15) is 5.82 Å². The number of halogens is 1. The topological polar surface area (TPSA) is 130 Å². The van der Waals surface area contributed by atoms with E-state index in [1.165, 1.54) is 17.3 Å². The highest BCUT2D eigenvalue weighted by Gasteiger charge is 2.24. The van der Waals surface area contributed by atoms with Gasteiger partial charge in [-0.1, -0.05) is 36.4 Å². The Bertz CT molecular complexity index is 1150. The van der Waals surface area contributed by atoms with Crippen molar-refractivity contribution in [2.45, 2.75) is 13.1 Å². The second-order valence-corrected chi connectivity index (χ2v) is 6.64. The molecular weight excluding hydrogens is 418 g/mol. The van der Waals surface area contributed by atoms with Crippen molar-refractivity contribution in [3.8, 4) is 0 Å². The summed E-state index contributed by atoms with van der Waals surface area (Å²) in [5.41, 5.74) is 8.23. The van der Waals surface area contributed by atoms with Gasteiger partial charge < -0.3 is 28.4 Å². The van der Waals surface area contributed by atoms with E-state index in [0.29, 0.717) is 22.3 Å². The highest BCUT2D eigenvalue weighted by molar-refractivity contribution is 6.40. The van der Waals surface area contributed by atoms with E-state index in [9.17, 15) is 9.59 Å². The summed E-state index contributed by atoms with van der Waals surface area (Å²) in [6.07, 6.45) is 4.55. The Labute approximate surface area is 185 Å². The minimum absolute atomic E-state index is 0. The number of pyridine rings is 2. The molecule has 4 N–H and O–H groups in total. The number of aromatic nitrogens is 4. The number of fused-ring (bicyclic) bond motifs is 1. The summed E-state index contributed by atoms with van der Waals surface area (Å²) in [5.74, 6) is -1.19. The summed E-state index contributed by atoms with van der Waals surface area (Å²) in [6.45, 7) is 0.463. The first-order chi connectivity index (χ1) is 14.6. The third-order valence-corrected chi connectivity index (χ3v) is 4.54. The average molecular weight is 438 g/mol. The quantitative estimate of drug-likeness (QED) is 0.351. The molecule has 9 nitrogen and oxygen atoms in total. The number of nitrogens with zero attached hydrogens (tertiary/aromatic N) is 4. The van der Waals surface area contributed by atoms with Crippen LogP contribution in [0.2, 0.25) is 0 Å². The van der Waals surface area contributed by atoms with Gasteiger partial charge in [-0.3, -0.25) is 19.7 Å². The first kappa shape index (κ1) is 21.7. The molecule has 3 aromatic heterocycles. The average Bonchev–Trinajstić information content (AvgIpc) is 3.27. The summed E-state index contributed by atoms with van der Waals surface area (Å²) in [4.78, 5) is 35.5. The lowest BCUT2D eigenvalue weighted by molar-refractivity contribution is -0.144. The van der Waals surface area contributed by atoms with Crippen molar-refractivity contribution in [3.63, 3.8) is 0 Å². The van der Waals surface area contributed by atoms with Gasteiger partial charge in [-0.25, -0.2) is 4.98 Å². The van der Waals surface area contributed by atoms with E-state index in [1.807, 2.05) is 36.4 Å². The maximum absolute atomic E-state index is 13.0. The molecule has 0 bridgehead atoms. The van der Waals surface area contributed by atoms with Crippen molar-refractivity contribution in [2.75, 3.05) is 11.1 Å². The Morgan fingerprint density at radius 2 is 1.81 bits per heavy atom. The number of H-pyrrole nitrogens is 1. The van der Waals surface area contributed by atoms with Crippen molar-refractivity contribution in [3.05, 3.63) is 78.4 Å². The van der Waals surface area contributed by atoms with Gasteiger partial charge in [-0.05, 0) is 17.7 Å². The molecule has 10 heteroatoms. The first-order valence-electron chi connectivity index (χ1n) is 9.23. The molecule has 1 aromatic carbocycles. The predicted octanol–water partition coefficient (Wildman–Crippen LogP) is -0.781. The minimum atomic E-state index is -0.788. The molecule has 0 aliphatic rings. The normalized spacial score (nSPS) is 10.3. The molecule has 158 valence electrons. The Balaban J connectivity index is 0.00000181. The molecule has 3 heterocycles. The number of amides is 2. The van der Waals surface area contributed by atoms with Crippen LogP contribution in [0.15, 0.2) is 67.1 Å². The standard InChI is InChI=1S/C21H19N7O2.ClH/c22-19-16-10-25-27-18(16)17(11-24-19)26-20(29)21(30)28(12-14-6-2-1-3-7-14)13-15-8-4-5-9-23-15;/h1-11H,12-13H2,(H2,22,24)(H,25,27)(H,26,29);1H. The van der Waals surface area contributed by atoms with Crippen LogP contribution in [-0.4, -0.2) is 36.9 Å². The lowest BCUT2D eigenvalue weighted by Crippen LogP contribution is -3.00. The SMILES string of the molecule is Nc1ncc(NC(=O)C(=O)N(Cc2ccccc2)Cc2ccccn2)c2[nH]ncc12.[Cl-].[H+]. The Morgan fingerprint density at radius 1 is 1.03 bits per heavy atom. The number of carbonyl (C=O) groups excluding carboxylic acids is 2. The zero-order valence-corrected chi connectivity index (χ0v) is 17.1. The number of nitrogen functional groups attached to an aromatic ring is 1. The number of hydrogen-bond acceptors (Lipinski definition) is 6. The first-order valence-corrected chi connectivity index (χ1v) is 9.23. The van der Waals surface area contributed by atoms with Gasteiger partial charge in [0.2, 0.25) is 0 Å². The number of anilines is 2. The van der Waals surface area contributed by atoms with Crippen LogP contribution in [0.25, 0.3) is 10.9 Å². The molecule has 0 atom stereocenters. The van der Waals surface area contributed by atoms with Crippen molar-refractivity contribution >= 4 is 34.2 Å². The lowest BCUT2D eigenvalue weighted by Gasteiger charge is -2.22. The molecular formula is C21H20ClN7O2. The number of carbonyl (C=O) groups is 2. The van der Waals surface area contributed by atoms with Gasteiger partial charge in [-0.2, -0.15) is 5.10 Å². The van der Waals surface area contributed by atoms with Gasteiger partial charge >= 0.3 is 13.2 Å². The van der Waals surface area contributed by atoms with E-state index in [2.05, 4.69) is 25.5 Å². The molecule has 0 fully saturated rings. The lowest BCUT2D eigenvalue weighted by atomic mass is 10.2. The summed E-state index contributed by atoms with van der Waals surface area (Å²) in [6, 6.07) is 14.9. The Hall–Kier alpha value is -3.98. The molecule has 0 spiro atoms. The smallest absolute Gasteiger partial charge is 1.00 e. The third-order valence-electron chi connectivity index (χ3n) is 4.54. The number of hydrogen-bond donors (Lipinski definition) is 3. The van der Waals surface area contributed by atoms with Crippen LogP contribution < -0.4 is 23.5 Å². The van der Waals surface area contributed by atoms with Crippen LogP contribution in [0.1, 0.15) is 12.7 Å². The number of benzene rings is 1. The number of aromatic amines is 1. The minimum Gasteiger partial charge on any atom is -1.00 e. The fraction of sp³-hybridized carbons (Fsp3) is 0.0952. The number of nitrogens with two attached hydrogens (primary N) is 1. The maximum atomic E-state index is 13.0. The molecule has 31 heavy (non-hydrogen) atoms. The van der Waals surface area contributed by atoms with Gasteiger partial charge in [0.05, 0.1) is 41.2 Å². The molecule has 0 aliphatic carbocycles. The zero-order chi connectivity index (χ0) is 20.9. The molecule has 4 rings (SSSR count). The summed E-state index contributed by atoms with van der Waals surface area (Å²) >= 11 is 0. The number of nitrogens with one attached hydrogen (secondary N) is 2. The second kappa shape index (κ2) is 9.68. The van der Waals surface area contributed by atoms with Gasteiger partial charge in [0.25, 0.3) is 0 Å². The molecule has 2 amide bonds. The largest absolute Gasteiger partial charge is 1.00 e. The van der Waals surface area contributed by atoms with Crippen molar-refractivity contribution in [1.82, 2.24) is 25.1 Å². The van der Waals surface area contributed by atoms with Crippen LogP contribution in [-0.2, 0) is 22.7 Å². The summed E-state index contributed by atoms with van der Waals surface area (Å²) in [5, 5.41) is 9.86. The fourth-order valence-electron chi connectivity index (χ4n) is 3.06. The van der Waals surface area contributed by atoms with Crippen molar-refractivity contribution < 1.29 is 23.4 Å². The van der Waals surface area contributed by atoms with Gasteiger partial charge in [0, 0.05) is 12.7 Å². The zero-order valence-electron chi connectivity index (χ0n) is 17.3. The van der Waals surface area contributed by atoms with Crippen molar-refractivity contribution in [1.29, 1.82) is 0 Å². The Morgan fingerprint density at radius 3 is 2.55 bits per heavy atom. The molecule has 0 radical (unpaired) electrons. The van der Waals surface area contributed by atoms with E-state index in [1.54, 1.807) is 18.3 Å². The monoisotopic (exact) mass is 437 g/mol. The molecule has 4 aromatic rings.